The van der Waals surface area contributed by atoms with Crippen LogP contribution in [-0.2, 0) is 6.54 Å². The van der Waals surface area contributed by atoms with Gasteiger partial charge in [0.15, 0.2) is 0 Å². The Kier molecular flexibility index (Phi) is 4.39. The maximum absolute atomic E-state index is 11.5. The number of rotatable bonds is 5. The minimum absolute atomic E-state index is 0.110. The highest BCUT2D eigenvalue weighted by atomic mass is 35.5. The number of nitrogens with two attached hydrogens (primary N) is 1. The van der Waals surface area contributed by atoms with Gasteiger partial charge in [0.1, 0.15) is 11.5 Å². The van der Waals surface area contributed by atoms with Crippen LogP contribution < -0.4 is 22.3 Å². The number of anilines is 2. The van der Waals surface area contributed by atoms with Crippen molar-refractivity contribution in [1.29, 1.82) is 0 Å². The summed E-state index contributed by atoms with van der Waals surface area (Å²) in [4.78, 5) is 25.2. The molecule has 0 aromatic carbocycles. The van der Waals surface area contributed by atoms with Gasteiger partial charge in [0.05, 0.1) is 6.54 Å². The molecule has 0 radical (unpaired) electrons. The molecule has 4 N–H and O–H groups in total. The van der Waals surface area contributed by atoms with Crippen molar-refractivity contribution >= 4 is 23.1 Å². The van der Waals surface area contributed by atoms with Gasteiger partial charge in [0.2, 0.25) is 0 Å². The van der Waals surface area contributed by atoms with E-state index in [4.69, 9.17) is 17.3 Å². The predicted octanol–water partition coefficient (Wildman–Crippen LogP) is 0.693. The fourth-order valence-electron chi connectivity index (χ4n) is 1.39. The van der Waals surface area contributed by atoms with Gasteiger partial charge in [-0.1, -0.05) is 25.1 Å². The molecule has 0 fully saturated rings. The van der Waals surface area contributed by atoms with Gasteiger partial charge in [0.25, 0.3) is 5.56 Å². The molecule has 1 aromatic rings. The second-order valence-electron chi connectivity index (χ2n) is 3.54. The Morgan fingerprint density at radius 1 is 1.59 bits per heavy atom. The van der Waals surface area contributed by atoms with Crippen molar-refractivity contribution in [3.63, 3.8) is 0 Å². The average molecular weight is 259 g/mol. The van der Waals surface area contributed by atoms with E-state index in [1.807, 2.05) is 6.92 Å². The third kappa shape index (κ3) is 3.13. The van der Waals surface area contributed by atoms with Crippen LogP contribution in [0.2, 0.25) is 0 Å². The van der Waals surface area contributed by atoms with Crippen molar-refractivity contribution in [2.24, 2.45) is 0 Å². The van der Waals surface area contributed by atoms with Gasteiger partial charge in [-0.25, -0.2) is 4.79 Å². The summed E-state index contributed by atoms with van der Waals surface area (Å²) in [6, 6.07) is 0. The summed E-state index contributed by atoms with van der Waals surface area (Å²) in [5, 5.41) is 3.09. The SMILES string of the molecule is C=C(Cl)CNc1c(N)n(CCC)c(=O)[nH]c1=O. The van der Waals surface area contributed by atoms with Crippen LogP contribution in [0.15, 0.2) is 21.2 Å². The Hall–Kier alpha value is -1.69. The molecule has 94 valence electrons. The first-order valence-electron chi connectivity index (χ1n) is 5.17. The summed E-state index contributed by atoms with van der Waals surface area (Å²) in [5.74, 6) is 0.110. The van der Waals surface area contributed by atoms with E-state index in [1.54, 1.807) is 0 Å². The van der Waals surface area contributed by atoms with Gasteiger partial charge >= 0.3 is 5.69 Å². The van der Waals surface area contributed by atoms with E-state index in [1.165, 1.54) is 4.57 Å². The molecular formula is C10H15ClN4O2. The molecule has 0 atom stereocenters. The summed E-state index contributed by atoms with van der Waals surface area (Å²) < 4.78 is 1.31. The lowest BCUT2D eigenvalue weighted by molar-refractivity contribution is 0.642. The highest BCUT2D eigenvalue weighted by Crippen LogP contribution is 2.11. The number of aromatic nitrogens is 2. The lowest BCUT2D eigenvalue weighted by atomic mass is 10.4. The van der Waals surface area contributed by atoms with E-state index in [0.29, 0.717) is 11.6 Å². The van der Waals surface area contributed by atoms with Gasteiger partial charge in [-0.2, -0.15) is 0 Å². The Morgan fingerprint density at radius 3 is 2.76 bits per heavy atom. The van der Waals surface area contributed by atoms with E-state index in [-0.39, 0.29) is 18.1 Å². The molecule has 7 heteroatoms. The predicted molar refractivity (Wildman–Crippen MR) is 69.5 cm³/mol. The van der Waals surface area contributed by atoms with Gasteiger partial charge in [-0.15, -0.1) is 0 Å². The molecule has 0 aliphatic rings. The molecule has 1 rings (SSSR count). The maximum atomic E-state index is 11.5. The number of H-pyrrole nitrogens is 1. The van der Waals surface area contributed by atoms with E-state index in [2.05, 4.69) is 16.9 Å². The Bertz CT molecular complexity index is 532. The first-order valence-corrected chi connectivity index (χ1v) is 5.55. The first-order chi connectivity index (χ1) is 7.97. The molecule has 0 aliphatic heterocycles. The zero-order valence-corrected chi connectivity index (χ0v) is 10.3. The van der Waals surface area contributed by atoms with Crippen molar-refractivity contribution in [1.82, 2.24) is 9.55 Å². The van der Waals surface area contributed by atoms with Crippen LogP contribution in [0.3, 0.4) is 0 Å². The van der Waals surface area contributed by atoms with Gasteiger partial charge in [-0.3, -0.25) is 14.3 Å². The largest absolute Gasteiger partial charge is 0.383 e. The van der Waals surface area contributed by atoms with Crippen LogP contribution in [0.25, 0.3) is 0 Å². The monoisotopic (exact) mass is 258 g/mol. The van der Waals surface area contributed by atoms with Crippen LogP contribution in [0.1, 0.15) is 13.3 Å². The molecular weight excluding hydrogens is 244 g/mol. The smallest absolute Gasteiger partial charge is 0.330 e. The van der Waals surface area contributed by atoms with Gasteiger partial charge < -0.3 is 11.1 Å². The lowest BCUT2D eigenvalue weighted by Crippen LogP contribution is -2.34. The number of hydrogen-bond donors (Lipinski definition) is 3. The van der Waals surface area contributed by atoms with Crippen LogP contribution in [0.5, 0.6) is 0 Å². The molecule has 17 heavy (non-hydrogen) atoms. The zero-order valence-electron chi connectivity index (χ0n) is 9.55. The van der Waals surface area contributed by atoms with Crippen LogP contribution in [0, 0.1) is 0 Å². The number of halogens is 1. The fraction of sp³-hybridized carbons (Fsp3) is 0.400. The number of hydrogen-bond acceptors (Lipinski definition) is 4. The quantitative estimate of drug-likeness (QED) is 0.725. The molecule has 1 aromatic heterocycles. The maximum Gasteiger partial charge on any atom is 0.330 e. The number of nitrogen functional groups attached to an aromatic ring is 1. The molecule has 0 saturated heterocycles. The highest BCUT2D eigenvalue weighted by Gasteiger charge is 2.11. The Labute approximate surface area is 103 Å². The van der Waals surface area contributed by atoms with Crippen molar-refractivity contribution in [2.45, 2.75) is 19.9 Å². The molecule has 1 heterocycles. The third-order valence-electron chi connectivity index (χ3n) is 2.14. The van der Waals surface area contributed by atoms with E-state index in [0.717, 1.165) is 6.42 Å². The number of nitrogens with one attached hydrogen (secondary N) is 2. The van der Waals surface area contributed by atoms with Crippen molar-refractivity contribution in [3.05, 3.63) is 32.4 Å². The summed E-state index contributed by atoms with van der Waals surface area (Å²) in [5.41, 5.74) is 4.84. The minimum Gasteiger partial charge on any atom is -0.383 e. The van der Waals surface area contributed by atoms with E-state index in [9.17, 15) is 9.59 Å². The minimum atomic E-state index is -0.558. The van der Waals surface area contributed by atoms with E-state index < -0.39 is 11.2 Å². The molecule has 0 amide bonds. The average Bonchev–Trinajstić information content (AvgIpc) is 2.23. The highest BCUT2D eigenvalue weighted by molar-refractivity contribution is 6.29. The Morgan fingerprint density at radius 2 is 2.24 bits per heavy atom. The third-order valence-corrected chi connectivity index (χ3v) is 2.28. The summed E-state index contributed by atoms with van der Waals surface area (Å²) in [6.45, 7) is 6.04. The number of aromatic amines is 1. The molecule has 0 spiro atoms. The van der Waals surface area contributed by atoms with Crippen LogP contribution in [-0.4, -0.2) is 16.1 Å². The molecule has 0 saturated carbocycles. The fourth-order valence-corrected chi connectivity index (χ4v) is 1.46. The molecule has 0 aliphatic carbocycles. The summed E-state index contributed by atoms with van der Waals surface area (Å²) >= 11 is 5.59. The molecule has 0 unspecified atom stereocenters. The van der Waals surface area contributed by atoms with Crippen molar-refractivity contribution in [3.8, 4) is 0 Å². The van der Waals surface area contributed by atoms with Crippen LogP contribution >= 0.6 is 11.6 Å². The second-order valence-corrected chi connectivity index (χ2v) is 4.08. The zero-order chi connectivity index (χ0) is 13.0. The molecule has 6 nitrogen and oxygen atoms in total. The van der Waals surface area contributed by atoms with Gasteiger partial charge in [-0.05, 0) is 6.42 Å². The normalized spacial score (nSPS) is 10.2. The van der Waals surface area contributed by atoms with E-state index >= 15 is 0 Å². The molecule has 0 bridgehead atoms. The summed E-state index contributed by atoms with van der Waals surface area (Å²) in [6.07, 6.45) is 0.734. The van der Waals surface area contributed by atoms with Crippen molar-refractivity contribution < 1.29 is 0 Å². The summed E-state index contributed by atoms with van der Waals surface area (Å²) in [7, 11) is 0. The standard InChI is InChI=1S/C10H15ClN4O2/c1-3-4-15-8(12)7(13-5-6(2)11)9(16)14-10(15)17/h13H,2-5,12H2,1H3,(H,14,16,17). The van der Waals surface area contributed by atoms with Crippen LogP contribution in [0.4, 0.5) is 11.5 Å². The lowest BCUT2D eigenvalue weighted by Gasteiger charge is -2.12. The first kappa shape index (κ1) is 13.4. The second kappa shape index (κ2) is 5.58. The van der Waals surface area contributed by atoms with Gasteiger partial charge in [0, 0.05) is 11.6 Å². The van der Waals surface area contributed by atoms with Crippen molar-refractivity contribution in [2.75, 3.05) is 17.6 Å². The Balaban J connectivity index is 3.21. The topological polar surface area (TPSA) is 92.9 Å². The number of nitrogens with zero attached hydrogens (tertiary/aromatic N) is 1.